The molecule has 0 aromatic heterocycles. The van der Waals surface area contributed by atoms with Crippen LogP contribution >= 0.6 is 0 Å². The SMILES string of the molecule is [CH2]C(O)C1(O)CCC(F)(F)CC1. The second-order valence-corrected chi connectivity index (χ2v) is 3.48. The van der Waals surface area contributed by atoms with Crippen LogP contribution in [0.1, 0.15) is 25.7 Å². The van der Waals surface area contributed by atoms with Crippen LogP contribution in [0.25, 0.3) is 0 Å². The lowest BCUT2D eigenvalue weighted by molar-refractivity contribution is -0.137. The van der Waals surface area contributed by atoms with Crippen molar-refractivity contribution in [3.05, 3.63) is 6.92 Å². The van der Waals surface area contributed by atoms with E-state index in [0.717, 1.165) is 0 Å². The molecule has 0 heterocycles. The Bertz CT molecular complexity index is 158. The Hall–Kier alpha value is -0.220. The summed E-state index contributed by atoms with van der Waals surface area (Å²) in [6.07, 6.45) is -2.06. The molecule has 0 bridgehead atoms. The number of alkyl halides is 2. The Labute approximate surface area is 70.2 Å². The van der Waals surface area contributed by atoms with Gasteiger partial charge in [0, 0.05) is 12.8 Å². The molecule has 1 radical (unpaired) electrons. The number of aliphatic hydroxyl groups is 2. The summed E-state index contributed by atoms with van der Waals surface area (Å²) in [6.45, 7) is 3.24. The van der Waals surface area contributed by atoms with Gasteiger partial charge in [-0.3, -0.25) is 0 Å². The summed E-state index contributed by atoms with van der Waals surface area (Å²) in [4.78, 5) is 0. The Kier molecular flexibility index (Phi) is 2.40. The summed E-state index contributed by atoms with van der Waals surface area (Å²) in [7, 11) is 0. The second kappa shape index (κ2) is 2.92. The first-order valence-electron chi connectivity index (χ1n) is 3.97. The van der Waals surface area contributed by atoms with Crippen LogP contribution in [-0.2, 0) is 0 Å². The number of hydrogen-bond donors (Lipinski definition) is 2. The summed E-state index contributed by atoms with van der Waals surface area (Å²) in [6, 6.07) is 0. The number of hydrogen-bond acceptors (Lipinski definition) is 2. The highest BCUT2D eigenvalue weighted by Gasteiger charge is 2.44. The quantitative estimate of drug-likeness (QED) is 0.633. The minimum absolute atomic E-state index is 0.0787. The van der Waals surface area contributed by atoms with Gasteiger partial charge in [0.15, 0.2) is 0 Å². The lowest BCUT2D eigenvalue weighted by atomic mass is 9.80. The molecule has 1 unspecified atom stereocenters. The first-order valence-corrected chi connectivity index (χ1v) is 3.97. The molecule has 12 heavy (non-hydrogen) atoms. The fraction of sp³-hybridized carbons (Fsp3) is 0.875. The molecule has 0 amide bonds. The van der Waals surface area contributed by atoms with Crippen LogP contribution in [0.3, 0.4) is 0 Å². The van der Waals surface area contributed by atoms with Crippen LogP contribution in [-0.4, -0.2) is 27.8 Å². The summed E-state index contributed by atoms with van der Waals surface area (Å²) < 4.78 is 25.2. The molecule has 2 N–H and O–H groups in total. The fourth-order valence-corrected chi connectivity index (χ4v) is 1.38. The fourth-order valence-electron chi connectivity index (χ4n) is 1.38. The predicted octanol–water partition coefficient (Wildman–Crippen LogP) is 1.12. The van der Waals surface area contributed by atoms with Crippen LogP contribution in [0.5, 0.6) is 0 Å². The largest absolute Gasteiger partial charge is 0.390 e. The molecule has 1 aliphatic rings. The summed E-state index contributed by atoms with van der Waals surface area (Å²) in [5, 5.41) is 18.5. The molecule has 1 atom stereocenters. The normalized spacial score (nSPS) is 29.8. The molecule has 4 heteroatoms. The van der Waals surface area contributed by atoms with Gasteiger partial charge in [0.25, 0.3) is 0 Å². The van der Waals surface area contributed by atoms with Crippen molar-refractivity contribution in [1.82, 2.24) is 0 Å². The molecule has 1 fully saturated rings. The van der Waals surface area contributed by atoms with Crippen LogP contribution in [0, 0.1) is 6.92 Å². The minimum atomic E-state index is -2.68. The summed E-state index contributed by atoms with van der Waals surface area (Å²) in [5.41, 5.74) is -1.40. The highest BCUT2D eigenvalue weighted by molar-refractivity contribution is 4.94. The van der Waals surface area contributed by atoms with Crippen LogP contribution in [0.15, 0.2) is 0 Å². The van der Waals surface area contributed by atoms with Gasteiger partial charge in [-0.25, -0.2) is 8.78 Å². The molecule has 0 aromatic rings. The molecule has 0 saturated heterocycles. The zero-order valence-electron chi connectivity index (χ0n) is 6.76. The first-order chi connectivity index (χ1) is 5.36. The topological polar surface area (TPSA) is 40.5 Å². The van der Waals surface area contributed by atoms with Gasteiger partial charge in [0.05, 0.1) is 11.7 Å². The van der Waals surface area contributed by atoms with Crippen molar-refractivity contribution in [2.24, 2.45) is 0 Å². The van der Waals surface area contributed by atoms with Gasteiger partial charge in [0.2, 0.25) is 5.92 Å². The predicted molar refractivity (Wildman–Crippen MR) is 39.7 cm³/mol. The van der Waals surface area contributed by atoms with Gasteiger partial charge in [-0.2, -0.15) is 0 Å². The molecule has 0 aromatic carbocycles. The minimum Gasteiger partial charge on any atom is -0.390 e. The molecular formula is C8H13F2O2. The standard InChI is InChI=1S/C8H13F2O2/c1-6(11)7(12)2-4-8(9,10)5-3-7/h6,11-12H,1-5H2. The van der Waals surface area contributed by atoms with E-state index in [9.17, 15) is 13.9 Å². The van der Waals surface area contributed by atoms with Gasteiger partial charge < -0.3 is 10.2 Å². The van der Waals surface area contributed by atoms with E-state index in [-0.39, 0.29) is 25.7 Å². The maximum absolute atomic E-state index is 12.6. The van der Waals surface area contributed by atoms with E-state index < -0.39 is 17.6 Å². The maximum atomic E-state index is 12.6. The van der Waals surface area contributed by atoms with E-state index in [0.29, 0.717) is 0 Å². The second-order valence-electron chi connectivity index (χ2n) is 3.48. The van der Waals surface area contributed by atoms with Gasteiger partial charge in [0.1, 0.15) is 0 Å². The number of halogens is 2. The monoisotopic (exact) mass is 179 g/mol. The van der Waals surface area contributed by atoms with Crippen molar-refractivity contribution in [3.8, 4) is 0 Å². The third kappa shape index (κ3) is 1.93. The number of rotatable bonds is 1. The Balaban J connectivity index is 2.55. The van der Waals surface area contributed by atoms with E-state index in [1.165, 1.54) is 0 Å². The van der Waals surface area contributed by atoms with Crippen molar-refractivity contribution in [2.45, 2.75) is 43.3 Å². The summed E-state index contributed by atoms with van der Waals surface area (Å²) in [5.74, 6) is -2.68. The highest BCUT2D eigenvalue weighted by Crippen LogP contribution is 2.39. The lowest BCUT2D eigenvalue weighted by Gasteiger charge is -2.37. The average molecular weight is 179 g/mol. The summed E-state index contributed by atoms with van der Waals surface area (Å²) >= 11 is 0. The molecule has 0 aliphatic heterocycles. The van der Waals surface area contributed by atoms with Crippen molar-refractivity contribution < 1.29 is 19.0 Å². The van der Waals surface area contributed by atoms with Crippen molar-refractivity contribution in [3.63, 3.8) is 0 Å². The van der Waals surface area contributed by atoms with Crippen molar-refractivity contribution in [2.75, 3.05) is 0 Å². The third-order valence-electron chi connectivity index (χ3n) is 2.47. The zero-order chi connectivity index (χ0) is 9.41. The van der Waals surface area contributed by atoms with Gasteiger partial charge >= 0.3 is 0 Å². The zero-order valence-corrected chi connectivity index (χ0v) is 6.76. The van der Waals surface area contributed by atoms with E-state index in [1.807, 2.05) is 0 Å². The van der Waals surface area contributed by atoms with Crippen molar-refractivity contribution in [1.29, 1.82) is 0 Å². The van der Waals surface area contributed by atoms with Gasteiger partial charge in [-0.1, -0.05) is 0 Å². The molecule has 1 aliphatic carbocycles. The van der Waals surface area contributed by atoms with Gasteiger partial charge in [-0.05, 0) is 19.8 Å². The Morgan fingerprint density at radius 3 is 1.92 bits per heavy atom. The van der Waals surface area contributed by atoms with Crippen LogP contribution in [0.4, 0.5) is 8.78 Å². The molecule has 2 nitrogen and oxygen atoms in total. The van der Waals surface area contributed by atoms with E-state index >= 15 is 0 Å². The highest BCUT2D eigenvalue weighted by atomic mass is 19.3. The first kappa shape index (κ1) is 9.86. The molecule has 1 rings (SSSR count). The smallest absolute Gasteiger partial charge is 0.248 e. The molecular weight excluding hydrogens is 166 g/mol. The van der Waals surface area contributed by atoms with E-state index in [1.54, 1.807) is 0 Å². The molecule has 71 valence electrons. The Morgan fingerprint density at radius 1 is 1.17 bits per heavy atom. The average Bonchev–Trinajstić information content (AvgIpc) is 1.96. The van der Waals surface area contributed by atoms with Crippen LogP contribution in [0.2, 0.25) is 0 Å². The maximum Gasteiger partial charge on any atom is 0.248 e. The number of aliphatic hydroxyl groups excluding tert-OH is 1. The van der Waals surface area contributed by atoms with Crippen LogP contribution < -0.4 is 0 Å². The Morgan fingerprint density at radius 2 is 1.58 bits per heavy atom. The third-order valence-corrected chi connectivity index (χ3v) is 2.47. The lowest BCUT2D eigenvalue weighted by Crippen LogP contribution is -2.46. The van der Waals surface area contributed by atoms with E-state index in [4.69, 9.17) is 5.11 Å². The molecule has 1 saturated carbocycles. The van der Waals surface area contributed by atoms with Crippen molar-refractivity contribution >= 4 is 0 Å². The van der Waals surface area contributed by atoms with Gasteiger partial charge in [-0.15, -0.1) is 0 Å². The van der Waals surface area contributed by atoms with E-state index in [2.05, 4.69) is 6.92 Å². The molecule has 0 spiro atoms.